The van der Waals surface area contributed by atoms with Crippen LogP contribution < -0.4 is 5.32 Å². The van der Waals surface area contributed by atoms with Crippen LogP contribution in [0.5, 0.6) is 0 Å². The molecule has 3 aromatic rings. The Morgan fingerprint density at radius 3 is 2.47 bits per heavy atom. The summed E-state index contributed by atoms with van der Waals surface area (Å²) in [6.07, 6.45) is 2.24. The van der Waals surface area contributed by atoms with Gasteiger partial charge in [0, 0.05) is 21.8 Å². The van der Waals surface area contributed by atoms with Crippen molar-refractivity contribution in [1.29, 1.82) is 0 Å². The standard InChI is InChI=1S/C26H22N2O2S2/c29-23(14-18-8-3-1-4-9-18)27-24-25(30)28-16-22(17-31-26(24)28)32-21-13-7-12-20(15-21)19-10-5-2-6-11-19/h1-13,15-16,24,26H,14,17H2,(H,27,29)/t24-,26-/m1/s1. The third-order valence-corrected chi connectivity index (χ3v) is 7.98. The fourth-order valence-electron chi connectivity index (χ4n) is 3.88. The van der Waals surface area contributed by atoms with Crippen LogP contribution in [0.4, 0.5) is 0 Å². The van der Waals surface area contributed by atoms with Gasteiger partial charge >= 0.3 is 0 Å². The van der Waals surface area contributed by atoms with Gasteiger partial charge in [0.2, 0.25) is 5.91 Å². The molecule has 0 bridgehead atoms. The summed E-state index contributed by atoms with van der Waals surface area (Å²) in [5.74, 6) is 0.663. The number of thioether (sulfide) groups is 2. The van der Waals surface area contributed by atoms with Gasteiger partial charge in [0.1, 0.15) is 11.4 Å². The van der Waals surface area contributed by atoms with Crippen molar-refractivity contribution in [3.8, 4) is 11.1 Å². The summed E-state index contributed by atoms with van der Waals surface area (Å²) >= 11 is 3.39. The summed E-state index contributed by atoms with van der Waals surface area (Å²) in [5.41, 5.74) is 3.31. The molecule has 2 amide bonds. The van der Waals surface area contributed by atoms with E-state index in [1.165, 1.54) is 11.1 Å². The molecule has 3 aromatic carbocycles. The molecule has 2 aliphatic heterocycles. The lowest BCUT2D eigenvalue weighted by atomic mass is 10.1. The Kier molecular flexibility index (Phi) is 6.06. The lowest BCUT2D eigenvalue weighted by molar-refractivity contribution is -0.144. The molecule has 4 nitrogen and oxygen atoms in total. The quantitative estimate of drug-likeness (QED) is 0.532. The van der Waals surface area contributed by atoms with E-state index in [-0.39, 0.29) is 23.6 Å². The molecule has 5 rings (SSSR count). The molecule has 0 radical (unpaired) electrons. The molecule has 1 saturated heterocycles. The lowest BCUT2D eigenvalue weighted by Gasteiger charge is -2.47. The van der Waals surface area contributed by atoms with E-state index >= 15 is 0 Å². The van der Waals surface area contributed by atoms with E-state index < -0.39 is 6.04 Å². The minimum Gasteiger partial charge on any atom is -0.341 e. The summed E-state index contributed by atoms with van der Waals surface area (Å²) in [6, 6.07) is 27.9. The van der Waals surface area contributed by atoms with Crippen LogP contribution in [-0.4, -0.2) is 33.9 Å². The fourth-order valence-corrected chi connectivity index (χ4v) is 6.23. The zero-order valence-electron chi connectivity index (χ0n) is 17.3. The molecule has 6 heteroatoms. The third-order valence-electron chi connectivity index (χ3n) is 5.47. The second-order valence-electron chi connectivity index (χ2n) is 7.75. The van der Waals surface area contributed by atoms with Crippen LogP contribution in [0.3, 0.4) is 0 Å². The van der Waals surface area contributed by atoms with Crippen LogP contribution in [0, 0.1) is 0 Å². The number of fused-ring (bicyclic) bond motifs is 1. The highest BCUT2D eigenvalue weighted by Gasteiger charge is 2.49. The summed E-state index contributed by atoms with van der Waals surface area (Å²) < 4.78 is 0. The van der Waals surface area contributed by atoms with Crippen molar-refractivity contribution in [2.45, 2.75) is 22.7 Å². The normalized spacial score (nSPS) is 19.6. The number of β-lactam (4-membered cyclic amide) rings is 1. The van der Waals surface area contributed by atoms with Gasteiger partial charge in [-0.15, -0.1) is 11.8 Å². The van der Waals surface area contributed by atoms with Crippen LogP contribution in [0.25, 0.3) is 11.1 Å². The summed E-state index contributed by atoms with van der Waals surface area (Å²) in [7, 11) is 0. The second kappa shape index (κ2) is 9.27. The number of benzene rings is 3. The van der Waals surface area contributed by atoms with Gasteiger partial charge in [-0.3, -0.25) is 9.59 Å². The minimum absolute atomic E-state index is 0.0257. The largest absolute Gasteiger partial charge is 0.341 e. The highest BCUT2D eigenvalue weighted by atomic mass is 32.2. The third kappa shape index (κ3) is 4.47. The van der Waals surface area contributed by atoms with Crippen molar-refractivity contribution in [1.82, 2.24) is 10.2 Å². The van der Waals surface area contributed by atoms with Gasteiger partial charge in [0.15, 0.2) is 0 Å². The van der Waals surface area contributed by atoms with E-state index in [2.05, 4.69) is 41.7 Å². The highest BCUT2D eigenvalue weighted by molar-refractivity contribution is 8.06. The molecule has 0 unspecified atom stereocenters. The summed E-state index contributed by atoms with van der Waals surface area (Å²) in [5, 5.41) is 2.89. The molecular formula is C26H22N2O2S2. The highest BCUT2D eigenvalue weighted by Crippen LogP contribution is 2.41. The molecule has 2 heterocycles. The number of hydrogen-bond donors (Lipinski definition) is 1. The van der Waals surface area contributed by atoms with E-state index in [0.29, 0.717) is 0 Å². The molecule has 1 fully saturated rings. The Morgan fingerprint density at radius 2 is 1.69 bits per heavy atom. The first-order chi connectivity index (χ1) is 15.7. The van der Waals surface area contributed by atoms with Gasteiger partial charge in [-0.2, -0.15) is 0 Å². The second-order valence-corrected chi connectivity index (χ2v) is 10.1. The number of amides is 2. The van der Waals surface area contributed by atoms with Crippen molar-refractivity contribution < 1.29 is 9.59 Å². The predicted molar refractivity (Wildman–Crippen MR) is 131 cm³/mol. The number of nitrogens with zero attached hydrogens (tertiary/aromatic N) is 1. The zero-order chi connectivity index (χ0) is 21.9. The Morgan fingerprint density at radius 1 is 0.969 bits per heavy atom. The number of carbonyl (C=O) groups excluding carboxylic acids is 2. The smallest absolute Gasteiger partial charge is 0.253 e. The molecule has 0 aliphatic carbocycles. The van der Waals surface area contributed by atoms with E-state index in [9.17, 15) is 9.59 Å². The summed E-state index contributed by atoms with van der Waals surface area (Å²) in [4.78, 5) is 29.1. The van der Waals surface area contributed by atoms with Gasteiger partial charge in [-0.05, 0) is 28.8 Å². The predicted octanol–water partition coefficient (Wildman–Crippen LogP) is 4.93. The molecule has 0 saturated carbocycles. The Balaban J connectivity index is 1.21. The molecular weight excluding hydrogens is 436 g/mol. The molecule has 0 spiro atoms. The molecule has 32 heavy (non-hydrogen) atoms. The minimum atomic E-state index is -0.444. The average molecular weight is 459 g/mol. The van der Waals surface area contributed by atoms with Gasteiger partial charge in [-0.1, -0.05) is 84.6 Å². The van der Waals surface area contributed by atoms with E-state index in [1.807, 2.05) is 54.7 Å². The maximum Gasteiger partial charge on any atom is 0.253 e. The first-order valence-electron chi connectivity index (χ1n) is 10.5. The molecule has 0 aromatic heterocycles. The fraction of sp³-hybridized carbons (Fsp3) is 0.154. The van der Waals surface area contributed by atoms with Crippen molar-refractivity contribution >= 4 is 35.3 Å². The molecule has 160 valence electrons. The first-order valence-corrected chi connectivity index (χ1v) is 12.3. The van der Waals surface area contributed by atoms with Crippen LogP contribution in [0.15, 0.2) is 101 Å². The maximum absolute atomic E-state index is 12.7. The van der Waals surface area contributed by atoms with E-state index in [4.69, 9.17) is 0 Å². The van der Waals surface area contributed by atoms with Crippen LogP contribution in [0.1, 0.15) is 5.56 Å². The number of hydrogen-bond acceptors (Lipinski definition) is 4. The zero-order valence-corrected chi connectivity index (χ0v) is 18.9. The SMILES string of the molecule is O=C(Cc1ccccc1)N[C@@H]1C(=O)N2C=C(Sc3cccc(-c4ccccc4)c3)CS[C@H]12. The summed E-state index contributed by atoms with van der Waals surface area (Å²) in [6.45, 7) is 0. The van der Waals surface area contributed by atoms with Gasteiger partial charge in [-0.25, -0.2) is 0 Å². The van der Waals surface area contributed by atoms with Crippen molar-refractivity contribution in [2.75, 3.05) is 5.75 Å². The lowest BCUT2D eigenvalue weighted by Crippen LogP contribution is -2.68. The van der Waals surface area contributed by atoms with E-state index in [1.54, 1.807) is 28.4 Å². The van der Waals surface area contributed by atoms with Crippen molar-refractivity contribution in [3.05, 3.63) is 102 Å². The number of carbonyl (C=O) groups is 2. The Labute approximate surface area is 196 Å². The van der Waals surface area contributed by atoms with Gasteiger partial charge < -0.3 is 10.2 Å². The van der Waals surface area contributed by atoms with Gasteiger partial charge in [0.05, 0.1) is 6.42 Å². The molecule has 1 N–H and O–H groups in total. The Bertz CT molecular complexity index is 1160. The first kappa shape index (κ1) is 20.9. The van der Waals surface area contributed by atoms with E-state index in [0.717, 1.165) is 21.1 Å². The Hall–Kier alpha value is -2.96. The maximum atomic E-state index is 12.7. The van der Waals surface area contributed by atoms with Crippen LogP contribution in [-0.2, 0) is 16.0 Å². The topological polar surface area (TPSA) is 49.4 Å². The number of nitrogens with one attached hydrogen (secondary N) is 1. The van der Waals surface area contributed by atoms with Gasteiger partial charge in [0.25, 0.3) is 5.91 Å². The van der Waals surface area contributed by atoms with Crippen LogP contribution in [0.2, 0.25) is 0 Å². The number of rotatable bonds is 6. The molecule has 2 atom stereocenters. The monoisotopic (exact) mass is 458 g/mol. The van der Waals surface area contributed by atoms with Crippen molar-refractivity contribution in [3.63, 3.8) is 0 Å². The van der Waals surface area contributed by atoms with Crippen LogP contribution >= 0.6 is 23.5 Å². The van der Waals surface area contributed by atoms with Crippen molar-refractivity contribution in [2.24, 2.45) is 0 Å². The average Bonchev–Trinajstić information content (AvgIpc) is 2.84. The molecule has 2 aliphatic rings.